The molecule has 3 atom stereocenters. The molecule has 1 aromatic rings. The Hall–Kier alpha value is -1.40. The van der Waals surface area contributed by atoms with Crippen molar-refractivity contribution >= 4 is 23.2 Å². The summed E-state index contributed by atoms with van der Waals surface area (Å²) in [5, 5.41) is 10.4. The maximum Gasteiger partial charge on any atom is 0.237 e. The van der Waals surface area contributed by atoms with E-state index in [1.807, 2.05) is 23.3 Å². The van der Waals surface area contributed by atoms with Gasteiger partial charge in [0.1, 0.15) is 0 Å². The average Bonchev–Trinajstić information content (AvgIpc) is 3.32. The van der Waals surface area contributed by atoms with E-state index in [4.69, 9.17) is 0 Å². The van der Waals surface area contributed by atoms with Crippen LogP contribution in [0, 0.1) is 5.92 Å². The van der Waals surface area contributed by atoms with Crippen molar-refractivity contribution < 1.29 is 9.59 Å². The average molecular weight is 350 g/mol. The van der Waals surface area contributed by atoms with Gasteiger partial charge in [0, 0.05) is 19.6 Å². The smallest absolute Gasteiger partial charge is 0.237 e. The SMILES string of the molecule is CC(C(=O)N1CCCC(CNC(=O)C2CCCN2)C1)c1ccsc1. The first kappa shape index (κ1) is 17.4. The Labute approximate surface area is 147 Å². The highest BCUT2D eigenvalue weighted by atomic mass is 32.1. The van der Waals surface area contributed by atoms with Crippen LogP contribution in [0.2, 0.25) is 0 Å². The van der Waals surface area contributed by atoms with E-state index < -0.39 is 0 Å². The van der Waals surface area contributed by atoms with Gasteiger partial charge in [-0.3, -0.25) is 9.59 Å². The van der Waals surface area contributed by atoms with Gasteiger partial charge >= 0.3 is 0 Å². The van der Waals surface area contributed by atoms with E-state index in [0.717, 1.165) is 50.9 Å². The van der Waals surface area contributed by atoms with E-state index in [2.05, 4.69) is 16.0 Å². The molecular weight excluding hydrogens is 322 g/mol. The fourth-order valence-electron chi connectivity index (χ4n) is 3.65. The van der Waals surface area contributed by atoms with Crippen molar-refractivity contribution in [3.05, 3.63) is 22.4 Å². The molecule has 0 bridgehead atoms. The molecule has 0 saturated carbocycles. The van der Waals surface area contributed by atoms with Crippen molar-refractivity contribution in [3.8, 4) is 0 Å². The molecule has 6 heteroatoms. The molecule has 3 unspecified atom stereocenters. The van der Waals surface area contributed by atoms with Crippen molar-refractivity contribution in [3.63, 3.8) is 0 Å². The summed E-state index contributed by atoms with van der Waals surface area (Å²) in [6.45, 7) is 5.19. The van der Waals surface area contributed by atoms with Crippen LogP contribution in [0.25, 0.3) is 0 Å². The van der Waals surface area contributed by atoms with E-state index in [9.17, 15) is 9.59 Å². The fourth-order valence-corrected chi connectivity index (χ4v) is 4.40. The standard InChI is InChI=1S/C18H27N3O2S/c1-13(15-6-9-24-12-15)18(23)21-8-3-4-14(11-21)10-20-17(22)16-5-2-7-19-16/h6,9,12-14,16,19H,2-5,7-8,10-11H2,1H3,(H,20,22). The highest BCUT2D eigenvalue weighted by Gasteiger charge is 2.28. The Balaban J connectivity index is 1.48. The van der Waals surface area contributed by atoms with Crippen molar-refractivity contribution in [1.29, 1.82) is 0 Å². The normalized spacial score (nSPS) is 25.5. The number of amides is 2. The Morgan fingerprint density at radius 3 is 3.00 bits per heavy atom. The van der Waals surface area contributed by atoms with Crippen molar-refractivity contribution in [2.45, 2.75) is 44.6 Å². The fraction of sp³-hybridized carbons (Fsp3) is 0.667. The maximum absolute atomic E-state index is 12.7. The lowest BCUT2D eigenvalue weighted by Crippen LogP contribution is -2.47. The van der Waals surface area contributed by atoms with Crippen LogP contribution in [0.4, 0.5) is 0 Å². The van der Waals surface area contributed by atoms with E-state index in [0.29, 0.717) is 12.5 Å². The summed E-state index contributed by atoms with van der Waals surface area (Å²) in [7, 11) is 0. The van der Waals surface area contributed by atoms with Crippen LogP contribution in [-0.4, -0.2) is 48.9 Å². The number of rotatable bonds is 5. The molecule has 5 nitrogen and oxygen atoms in total. The predicted octanol–water partition coefficient (Wildman–Crippen LogP) is 1.96. The highest BCUT2D eigenvalue weighted by Crippen LogP contribution is 2.24. The number of likely N-dealkylation sites (tertiary alicyclic amines) is 1. The number of nitrogens with one attached hydrogen (secondary N) is 2. The van der Waals surface area contributed by atoms with Gasteiger partial charge < -0.3 is 15.5 Å². The second kappa shape index (κ2) is 8.12. The van der Waals surface area contributed by atoms with Gasteiger partial charge in [-0.05, 0) is 67.5 Å². The first-order chi connectivity index (χ1) is 11.6. The van der Waals surface area contributed by atoms with Gasteiger partial charge in [-0.15, -0.1) is 0 Å². The summed E-state index contributed by atoms with van der Waals surface area (Å²) in [6, 6.07) is 2.01. The predicted molar refractivity (Wildman–Crippen MR) is 96.1 cm³/mol. The second-order valence-electron chi connectivity index (χ2n) is 6.96. The van der Waals surface area contributed by atoms with Gasteiger partial charge in [-0.1, -0.05) is 0 Å². The topological polar surface area (TPSA) is 61.4 Å². The largest absolute Gasteiger partial charge is 0.354 e. The number of nitrogens with zero attached hydrogens (tertiary/aromatic N) is 1. The van der Waals surface area contributed by atoms with Crippen LogP contribution in [0.15, 0.2) is 16.8 Å². The zero-order valence-corrected chi connectivity index (χ0v) is 15.1. The van der Waals surface area contributed by atoms with E-state index in [-0.39, 0.29) is 23.8 Å². The molecule has 0 aliphatic carbocycles. The molecule has 3 rings (SSSR count). The summed E-state index contributed by atoms with van der Waals surface area (Å²) < 4.78 is 0. The highest BCUT2D eigenvalue weighted by molar-refractivity contribution is 7.08. The Kier molecular flexibility index (Phi) is 5.89. The molecule has 0 radical (unpaired) electrons. The van der Waals surface area contributed by atoms with Crippen LogP contribution in [-0.2, 0) is 9.59 Å². The molecule has 2 amide bonds. The first-order valence-electron chi connectivity index (χ1n) is 8.97. The molecule has 3 heterocycles. The zero-order chi connectivity index (χ0) is 16.9. The minimum absolute atomic E-state index is 0.0232. The molecule has 2 aliphatic rings. The monoisotopic (exact) mass is 349 g/mol. The van der Waals surface area contributed by atoms with Gasteiger partial charge in [0.25, 0.3) is 0 Å². The van der Waals surface area contributed by atoms with Crippen molar-refractivity contribution in [2.24, 2.45) is 5.92 Å². The minimum Gasteiger partial charge on any atom is -0.354 e. The zero-order valence-electron chi connectivity index (χ0n) is 14.3. The van der Waals surface area contributed by atoms with Gasteiger partial charge in [-0.25, -0.2) is 0 Å². The van der Waals surface area contributed by atoms with Crippen LogP contribution >= 0.6 is 11.3 Å². The van der Waals surface area contributed by atoms with Gasteiger partial charge in [0.15, 0.2) is 0 Å². The summed E-state index contributed by atoms with van der Waals surface area (Å²) >= 11 is 1.63. The minimum atomic E-state index is -0.0766. The summed E-state index contributed by atoms with van der Waals surface area (Å²) in [5.41, 5.74) is 1.10. The van der Waals surface area contributed by atoms with Crippen molar-refractivity contribution in [1.82, 2.24) is 15.5 Å². The third-order valence-electron chi connectivity index (χ3n) is 5.19. The molecule has 0 spiro atoms. The summed E-state index contributed by atoms with van der Waals surface area (Å²) in [4.78, 5) is 26.8. The quantitative estimate of drug-likeness (QED) is 0.854. The maximum atomic E-state index is 12.7. The molecule has 2 N–H and O–H groups in total. The number of hydrogen-bond donors (Lipinski definition) is 2. The number of piperidine rings is 1. The van der Waals surface area contributed by atoms with E-state index in [1.54, 1.807) is 11.3 Å². The second-order valence-corrected chi connectivity index (χ2v) is 7.75. The van der Waals surface area contributed by atoms with Gasteiger partial charge in [-0.2, -0.15) is 11.3 Å². The molecule has 2 saturated heterocycles. The van der Waals surface area contributed by atoms with Crippen LogP contribution in [0.5, 0.6) is 0 Å². The van der Waals surface area contributed by atoms with Crippen LogP contribution in [0.1, 0.15) is 44.1 Å². The van der Waals surface area contributed by atoms with Gasteiger partial charge in [0.2, 0.25) is 11.8 Å². The molecular formula is C18H27N3O2S. The summed E-state index contributed by atoms with van der Waals surface area (Å²) in [5.74, 6) is 0.611. The third-order valence-corrected chi connectivity index (χ3v) is 5.89. The molecule has 2 fully saturated rings. The number of carbonyl (C=O) groups is 2. The van der Waals surface area contributed by atoms with Gasteiger partial charge in [0.05, 0.1) is 12.0 Å². The van der Waals surface area contributed by atoms with E-state index in [1.165, 1.54) is 0 Å². The van der Waals surface area contributed by atoms with Crippen LogP contribution in [0.3, 0.4) is 0 Å². The molecule has 2 aliphatic heterocycles. The lowest BCUT2D eigenvalue weighted by atomic mass is 9.95. The lowest BCUT2D eigenvalue weighted by Gasteiger charge is -2.34. The molecule has 132 valence electrons. The van der Waals surface area contributed by atoms with Crippen molar-refractivity contribution in [2.75, 3.05) is 26.2 Å². The lowest BCUT2D eigenvalue weighted by molar-refractivity contribution is -0.134. The van der Waals surface area contributed by atoms with Crippen LogP contribution < -0.4 is 10.6 Å². The molecule has 0 aromatic carbocycles. The third kappa shape index (κ3) is 4.16. The number of hydrogen-bond acceptors (Lipinski definition) is 4. The number of carbonyl (C=O) groups excluding carboxylic acids is 2. The Morgan fingerprint density at radius 2 is 2.29 bits per heavy atom. The Morgan fingerprint density at radius 1 is 1.42 bits per heavy atom. The molecule has 1 aromatic heterocycles. The van der Waals surface area contributed by atoms with E-state index >= 15 is 0 Å². The Bertz CT molecular complexity index is 555. The molecule has 24 heavy (non-hydrogen) atoms. The summed E-state index contributed by atoms with van der Waals surface area (Å²) in [6.07, 6.45) is 4.10. The first-order valence-corrected chi connectivity index (χ1v) is 9.91. The number of thiophene rings is 1.